The molecule has 1 heterocycles. The van der Waals surface area contributed by atoms with Crippen molar-refractivity contribution in [1.82, 2.24) is 14.8 Å². The Kier molecular flexibility index (Phi) is 3.93. The zero-order chi connectivity index (χ0) is 12.3. The lowest BCUT2D eigenvalue weighted by atomic mass is 10.3. The second-order valence-corrected chi connectivity index (χ2v) is 4.61. The standard InChI is InChI=1S/C11H17N3O2S/c1-2-16-9(15)4-3-7-14-10(8-5-6-8)12-13-11(14)17/h8H,2-7H2,1H3,(H,13,17). The Bertz CT molecular complexity index is 448. The van der Waals surface area contributed by atoms with E-state index in [0.717, 1.165) is 18.8 Å². The minimum Gasteiger partial charge on any atom is -0.466 e. The summed E-state index contributed by atoms with van der Waals surface area (Å²) < 4.78 is 7.54. The fraction of sp³-hybridized carbons (Fsp3) is 0.727. The van der Waals surface area contributed by atoms with Gasteiger partial charge in [-0.2, -0.15) is 5.10 Å². The molecule has 0 saturated heterocycles. The van der Waals surface area contributed by atoms with Gasteiger partial charge < -0.3 is 9.30 Å². The van der Waals surface area contributed by atoms with E-state index in [1.807, 2.05) is 11.5 Å². The number of carbonyl (C=O) groups excluding carboxylic acids is 1. The van der Waals surface area contributed by atoms with Gasteiger partial charge >= 0.3 is 5.97 Å². The van der Waals surface area contributed by atoms with Crippen LogP contribution in [0.15, 0.2) is 0 Å². The van der Waals surface area contributed by atoms with Crippen LogP contribution in [-0.4, -0.2) is 27.3 Å². The summed E-state index contributed by atoms with van der Waals surface area (Å²) in [6, 6.07) is 0. The number of nitrogens with one attached hydrogen (secondary N) is 1. The summed E-state index contributed by atoms with van der Waals surface area (Å²) >= 11 is 5.18. The molecule has 17 heavy (non-hydrogen) atoms. The first-order chi connectivity index (χ1) is 8.22. The third-order valence-electron chi connectivity index (χ3n) is 2.80. The normalized spacial score (nSPS) is 14.9. The summed E-state index contributed by atoms with van der Waals surface area (Å²) in [6.45, 7) is 2.99. The third kappa shape index (κ3) is 3.15. The molecule has 5 nitrogen and oxygen atoms in total. The van der Waals surface area contributed by atoms with Crippen molar-refractivity contribution in [2.45, 2.75) is 45.1 Å². The summed E-state index contributed by atoms with van der Waals surface area (Å²) in [5.74, 6) is 1.46. The van der Waals surface area contributed by atoms with Gasteiger partial charge in [0.1, 0.15) is 5.82 Å². The van der Waals surface area contributed by atoms with E-state index in [9.17, 15) is 4.79 Å². The van der Waals surface area contributed by atoms with Gasteiger partial charge in [-0.1, -0.05) is 0 Å². The Hall–Kier alpha value is -1.17. The summed E-state index contributed by atoms with van der Waals surface area (Å²) in [7, 11) is 0. The molecule has 0 radical (unpaired) electrons. The number of H-pyrrole nitrogens is 1. The molecule has 0 aromatic carbocycles. The number of esters is 1. The van der Waals surface area contributed by atoms with Gasteiger partial charge in [-0.05, 0) is 38.4 Å². The van der Waals surface area contributed by atoms with Crippen molar-refractivity contribution >= 4 is 18.2 Å². The van der Waals surface area contributed by atoms with E-state index in [1.54, 1.807) is 0 Å². The van der Waals surface area contributed by atoms with E-state index in [4.69, 9.17) is 17.0 Å². The highest BCUT2D eigenvalue weighted by Crippen LogP contribution is 2.38. The predicted octanol–water partition coefficient (Wildman–Crippen LogP) is 2.16. The molecule has 1 aliphatic rings. The second-order valence-electron chi connectivity index (χ2n) is 4.22. The molecule has 1 aliphatic carbocycles. The van der Waals surface area contributed by atoms with Crippen LogP contribution in [0.4, 0.5) is 0 Å². The minimum atomic E-state index is -0.143. The molecule has 0 aliphatic heterocycles. The molecule has 6 heteroatoms. The van der Waals surface area contributed by atoms with Crippen molar-refractivity contribution < 1.29 is 9.53 Å². The average molecular weight is 255 g/mol. The Balaban J connectivity index is 1.88. The molecule has 0 atom stereocenters. The molecule has 2 rings (SSSR count). The van der Waals surface area contributed by atoms with E-state index in [0.29, 0.717) is 23.7 Å². The number of hydrogen-bond acceptors (Lipinski definition) is 4. The van der Waals surface area contributed by atoms with Crippen molar-refractivity contribution in [2.75, 3.05) is 6.61 Å². The van der Waals surface area contributed by atoms with Gasteiger partial charge in [0.15, 0.2) is 4.77 Å². The molecule has 0 unspecified atom stereocenters. The lowest BCUT2D eigenvalue weighted by molar-refractivity contribution is -0.143. The molecular formula is C11H17N3O2S. The van der Waals surface area contributed by atoms with Gasteiger partial charge in [0.25, 0.3) is 0 Å². The van der Waals surface area contributed by atoms with Crippen molar-refractivity contribution in [1.29, 1.82) is 0 Å². The largest absolute Gasteiger partial charge is 0.466 e. The molecule has 0 amide bonds. The number of aromatic nitrogens is 3. The highest BCUT2D eigenvalue weighted by atomic mass is 32.1. The smallest absolute Gasteiger partial charge is 0.305 e. The third-order valence-corrected chi connectivity index (χ3v) is 3.11. The zero-order valence-electron chi connectivity index (χ0n) is 9.94. The maximum atomic E-state index is 11.2. The van der Waals surface area contributed by atoms with Gasteiger partial charge in [-0.25, -0.2) is 0 Å². The highest BCUT2D eigenvalue weighted by Gasteiger charge is 2.28. The number of carbonyl (C=O) groups is 1. The van der Waals surface area contributed by atoms with E-state index >= 15 is 0 Å². The van der Waals surface area contributed by atoms with Crippen LogP contribution in [0.1, 0.15) is 44.3 Å². The van der Waals surface area contributed by atoms with E-state index in [2.05, 4.69) is 10.2 Å². The molecule has 0 bridgehead atoms. The van der Waals surface area contributed by atoms with Crippen LogP contribution in [0, 0.1) is 4.77 Å². The van der Waals surface area contributed by atoms with Crippen molar-refractivity contribution in [3.05, 3.63) is 10.6 Å². The molecular weight excluding hydrogens is 238 g/mol. The summed E-state index contributed by atoms with van der Waals surface area (Å²) in [5, 5.41) is 7.06. The molecule has 1 aromatic rings. The van der Waals surface area contributed by atoms with Crippen molar-refractivity contribution in [3.8, 4) is 0 Å². The molecule has 1 fully saturated rings. The van der Waals surface area contributed by atoms with Gasteiger partial charge in [-0.15, -0.1) is 0 Å². The number of aromatic amines is 1. The Morgan fingerprint density at radius 3 is 3.06 bits per heavy atom. The van der Waals surface area contributed by atoms with Crippen LogP contribution in [0.25, 0.3) is 0 Å². The fourth-order valence-corrected chi connectivity index (χ4v) is 2.04. The molecule has 0 spiro atoms. The molecule has 1 aromatic heterocycles. The predicted molar refractivity (Wildman–Crippen MR) is 65.3 cm³/mol. The van der Waals surface area contributed by atoms with E-state index in [1.165, 1.54) is 12.8 Å². The quantitative estimate of drug-likeness (QED) is 0.625. The number of nitrogens with zero attached hydrogens (tertiary/aromatic N) is 2. The van der Waals surface area contributed by atoms with Crippen molar-refractivity contribution in [3.63, 3.8) is 0 Å². The maximum Gasteiger partial charge on any atom is 0.305 e. The Morgan fingerprint density at radius 2 is 2.41 bits per heavy atom. The number of rotatable bonds is 6. The van der Waals surface area contributed by atoms with E-state index in [-0.39, 0.29) is 5.97 Å². The maximum absolute atomic E-state index is 11.2. The highest BCUT2D eigenvalue weighted by molar-refractivity contribution is 7.71. The van der Waals surface area contributed by atoms with Gasteiger partial charge in [-0.3, -0.25) is 9.89 Å². The van der Waals surface area contributed by atoms with Crippen LogP contribution in [0.2, 0.25) is 0 Å². The minimum absolute atomic E-state index is 0.143. The van der Waals surface area contributed by atoms with Crippen LogP contribution >= 0.6 is 12.2 Å². The van der Waals surface area contributed by atoms with Crippen LogP contribution in [0.3, 0.4) is 0 Å². The second kappa shape index (κ2) is 5.44. The first kappa shape index (κ1) is 12.3. The van der Waals surface area contributed by atoms with Gasteiger partial charge in [0.05, 0.1) is 6.61 Å². The number of ether oxygens (including phenoxy) is 1. The Morgan fingerprint density at radius 1 is 1.65 bits per heavy atom. The van der Waals surface area contributed by atoms with Crippen molar-refractivity contribution in [2.24, 2.45) is 0 Å². The first-order valence-electron chi connectivity index (χ1n) is 6.03. The number of hydrogen-bond donors (Lipinski definition) is 1. The summed E-state index contributed by atoms with van der Waals surface area (Å²) in [4.78, 5) is 11.2. The van der Waals surface area contributed by atoms with Gasteiger partial charge in [0, 0.05) is 18.9 Å². The topological polar surface area (TPSA) is 59.9 Å². The monoisotopic (exact) mass is 255 g/mol. The lowest BCUT2D eigenvalue weighted by Crippen LogP contribution is -2.08. The Labute approximate surface area is 105 Å². The summed E-state index contributed by atoms with van der Waals surface area (Å²) in [6.07, 6.45) is 3.56. The molecule has 1 N–H and O–H groups in total. The van der Waals surface area contributed by atoms with Crippen LogP contribution in [-0.2, 0) is 16.1 Å². The average Bonchev–Trinajstić information content (AvgIpc) is 3.06. The molecule has 94 valence electrons. The summed E-state index contributed by atoms with van der Waals surface area (Å²) in [5.41, 5.74) is 0. The zero-order valence-corrected chi connectivity index (χ0v) is 10.8. The lowest BCUT2D eigenvalue weighted by Gasteiger charge is -2.05. The van der Waals surface area contributed by atoms with Gasteiger partial charge in [0.2, 0.25) is 0 Å². The van der Waals surface area contributed by atoms with Crippen LogP contribution in [0.5, 0.6) is 0 Å². The van der Waals surface area contributed by atoms with E-state index < -0.39 is 0 Å². The molecule has 1 saturated carbocycles. The van der Waals surface area contributed by atoms with Crippen LogP contribution < -0.4 is 0 Å². The first-order valence-corrected chi connectivity index (χ1v) is 6.44. The SMILES string of the molecule is CCOC(=O)CCCn1c(C2CC2)n[nH]c1=S. The fourth-order valence-electron chi connectivity index (χ4n) is 1.81.